The van der Waals surface area contributed by atoms with Crippen LogP contribution in [0, 0.1) is 6.92 Å². The summed E-state index contributed by atoms with van der Waals surface area (Å²) in [7, 11) is 2.10. The molecule has 0 radical (unpaired) electrons. The van der Waals surface area contributed by atoms with Gasteiger partial charge in [0.2, 0.25) is 12.7 Å². The first kappa shape index (κ1) is 37.3. The zero-order chi connectivity index (χ0) is 34.9. The minimum absolute atomic E-state index is 0. The van der Waals surface area contributed by atoms with Crippen molar-refractivity contribution in [2.75, 3.05) is 50.6 Å². The van der Waals surface area contributed by atoms with E-state index in [0.29, 0.717) is 21.7 Å². The highest BCUT2D eigenvalue weighted by Crippen LogP contribution is 2.25. The summed E-state index contributed by atoms with van der Waals surface area (Å²) in [5.41, 5.74) is 6.73. The topological polar surface area (TPSA) is 119 Å². The van der Waals surface area contributed by atoms with Gasteiger partial charge in [-0.05, 0) is 73.0 Å². The molecule has 5 aromatic rings. The van der Waals surface area contributed by atoms with Crippen molar-refractivity contribution in [3.8, 4) is 11.3 Å². The number of pyridine rings is 1. The highest BCUT2D eigenvalue weighted by molar-refractivity contribution is 6.04. The maximum absolute atomic E-state index is 13.2. The maximum Gasteiger partial charge on any atom is 0.513 e. The number of aryl methyl sites for hydroxylation is 1. The molecule has 1 fully saturated rings. The molecule has 3 aromatic carbocycles. The number of piperazine rings is 1. The third kappa shape index (κ3) is 10.3. The van der Waals surface area contributed by atoms with Gasteiger partial charge in [-0.25, -0.2) is 14.8 Å². The second-order valence-corrected chi connectivity index (χ2v) is 12.9. The number of carbonyl (C=O) groups is 2. The zero-order valence-electron chi connectivity index (χ0n) is 29.0. The van der Waals surface area contributed by atoms with Crippen molar-refractivity contribution in [3.05, 3.63) is 132 Å². The number of halogens is 1. The van der Waals surface area contributed by atoms with E-state index in [1.165, 1.54) is 0 Å². The molecule has 1 aliphatic rings. The molecule has 1 amide bonds. The van der Waals surface area contributed by atoms with Crippen molar-refractivity contribution in [2.45, 2.75) is 26.5 Å². The van der Waals surface area contributed by atoms with Crippen LogP contribution in [0.25, 0.3) is 11.3 Å². The number of ether oxygens (including phenoxy) is 2. The normalized spacial score (nSPS) is 14.4. The van der Waals surface area contributed by atoms with E-state index in [0.717, 1.165) is 66.4 Å². The Hall–Kier alpha value is -4.92. The number of likely N-dealkylation sites (N-methyl/N-ethyl adjacent to an activating group) is 1. The second-order valence-electron chi connectivity index (χ2n) is 12.9. The van der Waals surface area contributed by atoms with Crippen LogP contribution in [-0.4, -0.2) is 76.4 Å². The van der Waals surface area contributed by atoms with Gasteiger partial charge in [0, 0.05) is 60.7 Å². The summed E-state index contributed by atoms with van der Waals surface area (Å²) < 4.78 is 11.6. The maximum atomic E-state index is 13.2. The van der Waals surface area contributed by atoms with E-state index in [2.05, 4.69) is 37.5 Å². The fourth-order valence-electron chi connectivity index (χ4n) is 5.73. The molecule has 0 aliphatic carbocycles. The predicted octanol–water partition coefficient (Wildman–Crippen LogP) is 3.98. The molecule has 0 unspecified atom stereocenters. The van der Waals surface area contributed by atoms with Crippen LogP contribution in [0.4, 0.5) is 22.1 Å². The number of hydrogen-bond donors (Lipinski definition) is 2. The second kappa shape index (κ2) is 17.3. The summed E-state index contributed by atoms with van der Waals surface area (Å²) in [5.74, 6) is 0.261. The zero-order valence-corrected chi connectivity index (χ0v) is 31.1. The highest BCUT2D eigenvalue weighted by atomic mass is 127. The minimum Gasteiger partial charge on any atom is -1.00 e. The van der Waals surface area contributed by atoms with Gasteiger partial charge < -0.3 is 44.1 Å². The first-order chi connectivity index (χ1) is 24.2. The monoisotopic (exact) mass is 799 g/mol. The van der Waals surface area contributed by atoms with Crippen LogP contribution in [0.2, 0.25) is 0 Å². The number of quaternary nitrogens is 1. The van der Waals surface area contributed by atoms with Crippen LogP contribution in [0.5, 0.6) is 0 Å². The lowest BCUT2D eigenvalue weighted by Gasteiger charge is -2.41. The lowest BCUT2D eigenvalue weighted by atomic mass is 10.1. The van der Waals surface area contributed by atoms with E-state index in [9.17, 15) is 9.59 Å². The Balaban J connectivity index is 0.00000504. The summed E-state index contributed by atoms with van der Waals surface area (Å²) in [6.45, 7) is 8.28. The van der Waals surface area contributed by atoms with Crippen LogP contribution in [0.15, 0.2) is 110 Å². The van der Waals surface area contributed by atoms with E-state index in [1.54, 1.807) is 18.6 Å². The molecule has 6 rings (SSSR count). The summed E-state index contributed by atoms with van der Waals surface area (Å²) >= 11 is 0. The molecule has 1 atom stereocenters. The number of benzene rings is 3. The molecule has 1 aliphatic heterocycles. The van der Waals surface area contributed by atoms with E-state index >= 15 is 0 Å². The number of hydrogen-bond acceptors (Lipinski definition) is 9. The van der Waals surface area contributed by atoms with E-state index in [1.807, 2.05) is 105 Å². The van der Waals surface area contributed by atoms with Crippen molar-refractivity contribution < 1.29 is 47.5 Å². The number of nitrogens with zero attached hydrogens (tertiary/aromatic N) is 5. The first-order valence-electron chi connectivity index (χ1n) is 16.7. The predicted molar refractivity (Wildman–Crippen MR) is 193 cm³/mol. The first-order valence-corrected chi connectivity index (χ1v) is 16.7. The molecule has 3 heterocycles. The smallest absolute Gasteiger partial charge is 0.513 e. The van der Waals surface area contributed by atoms with E-state index in [4.69, 9.17) is 9.47 Å². The van der Waals surface area contributed by atoms with Crippen LogP contribution in [0.1, 0.15) is 40.1 Å². The third-order valence-electron chi connectivity index (χ3n) is 8.93. The van der Waals surface area contributed by atoms with Gasteiger partial charge in [-0.3, -0.25) is 19.2 Å². The molecule has 2 N–H and O–H groups in total. The van der Waals surface area contributed by atoms with Gasteiger partial charge in [-0.2, -0.15) is 0 Å². The highest BCUT2D eigenvalue weighted by Gasteiger charge is 2.30. The van der Waals surface area contributed by atoms with E-state index < -0.39 is 6.16 Å². The van der Waals surface area contributed by atoms with Gasteiger partial charge in [-0.15, -0.1) is 0 Å². The summed E-state index contributed by atoms with van der Waals surface area (Å²) in [5, 5.41) is 6.30. The number of carbonyl (C=O) groups excluding carboxylic acids is 2. The molecule has 264 valence electrons. The van der Waals surface area contributed by atoms with Crippen LogP contribution < -0.4 is 34.6 Å². The Morgan fingerprint density at radius 1 is 0.941 bits per heavy atom. The van der Waals surface area contributed by atoms with E-state index in [-0.39, 0.29) is 42.7 Å². The Labute approximate surface area is 315 Å². The molecule has 0 spiro atoms. The lowest BCUT2D eigenvalue weighted by Crippen LogP contribution is -3.00. The summed E-state index contributed by atoms with van der Waals surface area (Å²) in [6, 6.07) is 28.7. The average molecular weight is 800 g/mol. The largest absolute Gasteiger partial charge is 1.00 e. The molecule has 51 heavy (non-hydrogen) atoms. The molecule has 1 saturated heterocycles. The minimum atomic E-state index is -0.649. The van der Waals surface area contributed by atoms with Crippen molar-refractivity contribution >= 4 is 29.4 Å². The molecule has 2 aromatic heterocycles. The number of aromatic nitrogens is 3. The number of nitrogens with one attached hydrogen (secondary N) is 2. The number of rotatable bonds is 11. The Morgan fingerprint density at radius 2 is 1.71 bits per heavy atom. The van der Waals surface area contributed by atoms with Crippen LogP contribution in [-0.2, 0) is 16.0 Å². The Bertz CT molecular complexity index is 1900. The quantitative estimate of drug-likeness (QED) is 0.116. The van der Waals surface area contributed by atoms with Gasteiger partial charge >= 0.3 is 6.16 Å². The molecule has 0 saturated carbocycles. The molecular formula is C39H42IN7O4. The van der Waals surface area contributed by atoms with Gasteiger partial charge in [0.1, 0.15) is 6.10 Å². The van der Waals surface area contributed by atoms with Gasteiger partial charge in [0.05, 0.1) is 25.8 Å². The standard InChI is InChI=1S/C39H41N7O4.HI/c1-28-11-16-34(24-36(28)44-38-41-19-17-35(43-38)33-10-7-18-40-25-33)42-37(47)32-14-12-30(13-15-32)26-45-20-22-46(3,23-21-45)27-49-39(48)50-29(2)31-8-5-4-6-9-31;/h4-19,24-25,29H,20-23,26-27H2,1-3H3,(H-,41,42,43,44,47);1H/t29-;/m1./s1. The summed E-state index contributed by atoms with van der Waals surface area (Å²) in [4.78, 5) is 41.1. The SMILES string of the molecule is Cc1ccc(NC(=O)c2ccc(CN3CC[N+](C)(COC(=O)O[C@H](C)c4ccccc4)CC3)cc2)cc1Nc1nccc(-c2cccnc2)n1.[I-]. The van der Waals surface area contributed by atoms with Crippen molar-refractivity contribution in [3.63, 3.8) is 0 Å². The molecule has 12 heteroatoms. The molecule has 11 nitrogen and oxygen atoms in total. The number of amides is 1. The third-order valence-corrected chi connectivity index (χ3v) is 8.93. The van der Waals surface area contributed by atoms with Gasteiger partial charge in [-0.1, -0.05) is 48.5 Å². The van der Waals surface area contributed by atoms with Crippen LogP contribution >= 0.6 is 0 Å². The lowest BCUT2D eigenvalue weighted by molar-refractivity contribution is -0.929. The average Bonchev–Trinajstić information content (AvgIpc) is 3.14. The van der Waals surface area contributed by atoms with Crippen molar-refractivity contribution in [1.82, 2.24) is 19.9 Å². The Kier molecular flexibility index (Phi) is 12.7. The number of anilines is 3. The van der Waals surface area contributed by atoms with Gasteiger partial charge in [0.15, 0.2) is 0 Å². The fraction of sp³-hybridized carbons (Fsp3) is 0.256. The molecule has 0 bridgehead atoms. The fourth-order valence-corrected chi connectivity index (χ4v) is 5.73. The Morgan fingerprint density at radius 3 is 2.43 bits per heavy atom. The summed E-state index contributed by atoms with van der Waals surface area (Å²) in [6.07, 6.45) is 4.17. The van der Waals surface area contributed by atoms with Crippen LogP contribution in [0.3, 0.4) is 0 Å². The molecular weight excluding hydrogens is 757 g/mol. The van der Waals surface area contributed by atoms with Crippen molar-refractivity contribution in [2.24, 2.45) is 0 Å². The van der Waals surface area contributed by atoms with Gasteiger partial charge in [0.25, 0.3) is 5.91 Å². The van der Waals surface area contributed by atoms with Crippen molar-refractivity contribution in [1.29, 1.82) is 0 Å².